The van der Waals surface area contributed by atoms with Crippen molar-refractivity contribution in [3.05, 3.63) is 34.3 Å². The van der Waals surface area contributed by atoms with Crippen LogP contribution in [-0.4, -0.2) is 29.7 Å². The maximum atomic E-state index is 11.8. The van der Waals surface area contributed by atoms with Crippen LogP contribution in [0.25, 0.3) is 0 Å². The summed E-state index contributed by atoms with van der Waals surface area (Å²) in [7, 11) is -3.87. The van der Waals surface area contributed by atoms with Crippen molar-refractivity contribution in [3.8, 4) is 0 Å². The monoisotopic (exact) mass is 407 g/mol. The quantitative estimate of drug-likeness (QED) is 0.565. The fraction of sp³-hybridized carbons (Fsp3) is 0.400. The lowest BCUT2D eigenvalue weighted by atomic mass is 10.2. The minimum atomic E-state index is -3.87. The van der Waals surface area contributed by atoms with Gasteiger partial charge in [0.1, 0.15) is 6.61 Å². The molecule has 1 aromatic carbocycles. The van der Waals surface area contributed by atoms with E-state index in [0.717, 1.165) is 10.0 Å². The molecule has 0 radical (unpaired) electrons. The number of rotatable bonds is 4. The van der Waals surface area contributed by atoms with Crippen molar-refractivity contribution in [1.82, 2.24) is 4.31 Å². The molecule has 1 fully saturated rings. The Bertz CT molecular complexity index is 576. The SMILES string of the molecule is O=S(=O)(OCC(Cl)(Cl)Cl)N1CC1c1cccc(Br)c1. The van der Waals surface area contributed by atoms with Gasteiger partial charge in [0.15, 0.2) is 0 Å². The van der Waals surface area contributed by atoms with Crippen molar-refractivity contribution in [2.45, 2.75) is 9.83 Å². The first-order chi connectivity index (χ1) is 8.69. The maximum absolute atomic E-state index is 11.8. The van der Waals surface area contributed by atoms with E-state index in [1.54, 1.807) is 0 Å². The molecular weight excluding hydrogens is 400 g/mol. The molecule has 0 aromatic heterocycles. The lowest BCUT2D eigenvalue weighted by Gasteiger charge is -2.12. The third kappa shape index (κ3) is 4.46. The topological polar surface area (TPSA) is 46.4 Å². The number of benzene rings is 1. The summed E-state index contributed by atoms with van der Waals surface area (Å²) in [6.45, 7) is -0.152. The van der Waals surface area contributed by atoms with E-state index in [2.05, 4.69) is 15.9 Å². The fourth-order valence-electron chi connectivity index (χ4n) is 1.56. The molecule has 4 nitrogen and oxygen atoms in total. The molecule has 1 aliphatic rings. The highest BCUT2D eigenvalue weighted by molar-refractivity contribution is 9.10. The van der Waals surface area contributed by atoms with E-state index in [9.17, 15) is 8.42 Å². The van der Waals surface area contributed by atoms with Crippen molar-refractivity contribution < 1.29 is 12.6 Å². The molecule has 0 amide bonds. The van der Waals surface area contributed by atoms with Gasteiger partial charge >= 0.3 is 10.3 Å². The lowest BCUT2D eigenvalue weighted by Crippen LogP contribution is -2.22. The first kappa shape index (κ1) is 15.8. The van der Waals surface area contributed by atoms with Crippen LogP contribution in [0, 0.1) is 0 Å². The molecule has 0 saturated carbocycles. The molecule has 9 heteroatoms. The standard InChI is InChI=1S/C10H9BrCl3NO3S/c11-8-3-1-2-7(4-8)9-5-15(9)19(16,17)18-6-10(12,13)14/h1-4,9H,5-6H2. The van der Waals surface area contributed by atoms with E-state index < -0.39 is 20.7 Å². The Morgan fingerprint density at radius 1 is 1.42 bits per heavy atom. The molecule has 0 spiro atoms. The zero-order valence-electron chi connectivity index (χ0n) is 9.39. The smallest absolute Gasteiger partial charge is 0.253 e. The largest absolute Gasteiger partial charge is 0.339 e. The van der Waals surface area contributed by atoms with Gasteiger partial charge in [-0.15, -0.1) is 0 Å². The highest BCUT2D eigenvalue weighted by Crippen LogP contribution is 2.39. The Labute approximate surface area is 135 Å². The minimum absolute atomic E-state index is 0.224. The molecule has 0 bridgehead atoms. The first-order valence-electron chi connectivity index (χ1n) is 5.17. The van der Waals surface area contributed by atoms with Crippen molar-refractivity contribution in [2.24, 2.45) is 0 Å². The van der Waals surface area contributed by atoms with Crippen LogP contribution in [0.15, 0.2) is 28.7 Å². The number of alkyl halides is 3. The highest BCUT2D eigenvalue weighted by Gasteiger charge is 2.46. The summed E-state index contributed by atoms with van der Waals surface area (Å²) in [6, 6.07) is 7.18. The maximum Gasteiger partial charge on any atom is 0.339 e. The Balaban J connectivity index is 2.02. The third-order valence-electron chi connectivity index (χ3n) is 2.46. The van der Waals surface area contributed by atoms with Crippen LogP contribution in [0.2, 0.25) is 0 Å². The van der Waals surface area contributed by atoms with E-state index in [-0.39, 0.29) is 6.04 Å². The van der Waals surface area contributed by atoms with Gasteiger partial charge in [-0.1, -0.05) is 62.9 Å². The number of hydrogen-bond acceptors (Lipinski definition) is 3. The molecule has 1 aromatic rings. The molecule has 2 rings (SSSR count). The van der Waals surface area contributed by atoms with Crippen molar-refractivity contribution >= 4 is 61.0 Å². The molecule has 2 atom stereocenters. The second-order valence-electron chi connectivity index (χ2n) is 3.98. The summed E-state index contributed by atoms with van der Waals surface area (Å²) in [5.41, 5.74) is 0.885. The number of nitrogens with zero attached hydrogens (tertiary/aromatic N) is 1. The Hall–Kier alpha value is 0.440. The normalized spacial score (nSPS) is 23.4. The van der Waals surface area contributed by atoms with Crippen LogP contribution in [-0.2, 0) is 14.5 Å². The number of halogens is 4. The Morgan fingerprint density at radius 2 is 2.11 bits per heavy atom. The summed E-state index contributed by atoms with van der Waals surface area (Å²) in [5, 5.41) is 0. The molecular formula is C10H9BrCl3NO3S. The first-order valence-corrected chi connectivity index (χ1v) is 8.47. The van der Waals surface area contributed by atoms with Crippen molar-refractivity contribution in [1.29, 1.82) is 0 Å². The average molecular weight is 410 g/mol. The Kier molecular flexibility index (Phi) is 4.72. The van der Waals surface area contributed by atoms with E-state index >= 15 is 0 Å². The zero-order valence-corrected chi connectivity index (χ0v) is 14.1. The number of hydrogen-bond donors (Lipinski definition) is 0. The van der Waals surface area contributed by atoms with Crippen LogP contribution >= 0.6 is 50.7 Å². The van der Waals surface area contributed by atoms with Gasteiger partial charge in [-0.2, -0.15) is 12.7 Å². The average Bonchev–Trinajstić information content (AvgIpc) is 3.06. The molecule has 1 saturated heterocycles. The third-order valence-corrected chi connectivity index (χ3v) is 4.67. The predicted octanol–water partition coefficient (Wildman–Crippen LogP) is 3.44. The molecule has 106 valence electrons. The molecule has 2 unspecified atom stereocenters. The van der Waals surface area contributed by atoms with Gasteiger partial charge in [0, 0.05) is 11.0 Å². The van der Waals surface area contributed by atoms with Gasteiger partial charge < -0.3 is 0 Å². The fourth-order valence-corrected chi connectivity index (χ4v) is 3.56. The summed E-state index contributed by atoms with van der Waals surface area (Å²) in [6.07, 6.45) is 0. The molecule has 1 heterocycles. The van der Waals surface area contributed by atoms with Crippen molar-refractivity contribution in [3.63, 3.8) is 0 Å². The van der Waals surface area contributed by atoms with Gasteiger partial charge in [-0.3, -0.25) is 4.18 Å². The molecule has 0 aliphatic carbocycles. The van der Waals surface area contributed by atoms with E-state index in [1.807, 2.05) is 24.3 Å². The van der Waals surface area contributed by atoms with Crippen LogP contribution in [0.5, 0.6) is 0 Å². The van der Waals surface area contributed by atoms with Crippen LogP contribution in [0.3, 0.4) is 0 Å². The van der Waals surface area contributed by atoms with E-state index in [1.165, 1.54) is 4.31 Å². The van der Waals surface area contributed by atoms with E-state index in [0.29, 0.717) is 6.54 Å². The van der Waals surface area contributed by atoms with Crippen LogP contribution in [0.4, 0.5) is 0 Å². The highest BCUT2D eigenvalue weighted by atomic mass is 79.9. The lowest BCUT2D eigenvalue weighted by molar-refractivity contribution is 0.305. The van der Waals surface area contributed by atoms with Crippen LogP contribution < -0.4 is 0 Å². The summed E-state index contributed by atoms with van der Waals surface area (Å²) >= 11 is 19.7. The molecule has 0 N–H and O–H groups in total. The molecule has 19 heavy (non-hydrogen) atoms. The summed E-state index contributed by atoms with van der Waals surface area (Å²) < 4.78 is 28.7. The summed E-state index contributed by atoms with van der Waals surface area (Å²) in [5.74, 6) is 0. The van der Waals surface area contributed by atoms with Crippen LogP contribution in [0.1, 0.15) is 11.6 Å². The van der Waals surface area contributed by atoms with E-state index in [4.69, 9.17) is 39.0 Å². The predicted molar refractivity (Wildman–Crippen MR) is 78.8 cm³/mol. The Morgan fingerprint density at radius 3 is 2.68 bits per heavy atom. The van der Waals surface area contributed by atoms with Gasteiger partial charge in [0.25, 0.3) is 0 Å². The second kappa shape index (κ2) is 5.67. The minimum Gasteiger partial charge on any atom is -0.253 e. The van der Waals surface area contributed by atoms with Gasteiger partial charge in [-0.25, -0.2) is 0 Å². The van der Waals surface area contributed by atoms with Gasteiger partial charge in [0.05, 0.1) is 6.04 Å². The van der Waals surface area contributed by atoms with Gasteiger partial charge in [0.2, 0.25) is 3.79 Å². The molecule has 1 aliphatic heterocycles. The second-order valence-corrected chi connectivity index (χ2v) is 8.97. The zero-order chi connectivity index (χ0) is 14.3. The van der Waals surface area contributed by atoms with Gasteiger partial charge in [-0.05, 0) is 17.7 Å². The van der Waals surface area contributed by atoms with Crippen molar-refractivity contribution in [2.75, 3.05) is 13.2 Å². The summed E-state index contributed by atoms with van der Waals surface area (Å²) in [4.78, 5) is 0.